The van der Waals surface area contributed by atoms with Crippen LogP contribution in [0.15, 0.2) is 72.8 Å². The Balaban J connectivity index is 1.79. The van der Waals surface area contributed by atoms with Crippen LogP contribution in [0.3, 0.4) is 0 Å². The zero-order valence-electron chi connectivity index (χ0n) is 21.0. The monoisotopic (exact) mass is 494 g/mol. The lowest BCUT2D eigenvalue weighted by Gasteiger charge is -2.23. The zero-order chi connectivity index (χ0) is 25.6. The lowest BCUT2D eigenvalue weighted by Crippen LogP contribution is -2.30. The molecule has 6 nitrogen and oxygen atoms in total. The fourth-order valence-electron chi connectivity index (χ4n) is 3.87. The Morgan fingerprint density at radius 3 is 2.06 bits per heavy atom. The van der Waals surface area contributed by atoms with Crippen LogP contribution in [0, 0.1) is 12.8 Å². The molecule has 0 radical (unpaired) electrons. The summed E-state index contributed by atoms with van der Waals surface area (Å²) in [5, 5.41) is 3.13. The predicted octanol–water partition coefficient (Wildman–Crippen LogP) is 5.49. The summed E-state index contributed by atoms with van der Waals surface area (Å²) in [5.74, 6) is 0.942. The van der Waals surface area contributed by atoms with Crippen LogP contribution < -0.4 is 14.4 Å². The Hall–Kier alpha value is -3.32. The summed E-state index contributed by atoms with van der Waals surface area (Å²) < 4.78 is 31.6. The summed E-state index contributed by atoms with van der Waals surface area (Å²) in [5.41, 5.74) is 3.99. The Kier molecular flexibility index (Phi) is 8.57. The Morgan fingerprint density at radius 1 is 0.943 bits per heavy atom. The highest BCUT2D eigenvalue weighted by atomic mass is 32.2. The van der Waals surface area contributed by atoms with Gasteiger partial charge in [-0.2, -0.15) is 0 Å². The molecule has 0 aliphatic heterocycles. The number of rotatable bonds is 10. The van der Waals surface area contributed by atoms with Gasteiger partial charge in [-0.3, -0.25) is 9.10 Å². The number of anilines is 1. The van der Waals surface area contributed by atoms with Crippen LogP contribution in [-0.4, -0.2) is 27.7 Å². The highest BCUT2D eigenvalue weighted by Crippen LogP contribution is 2.25. The van der Waals surface area contributed by atoms with E-state index < -0.39 is 10.0 Å². The molecule has 0 saturated heterocycles. The van der Waals surface area contributed by atoms with Gasteiger partial charge in [0.05, 0.1) is 31.6 Å². The number of carbonyl (C=O) groups excluding carboxylic acids is 1. The first-order valence-electron chi connectivity index (χ1n) is 11.6. The number of hydrogen-bond acceptors (Lipinski definition) is 4. The van der Waals surface area contributed by atoms with Gasteiger partial charge in [0.25, 0.3) is 5.91 Å². The number of hydrogen-bond donors (Lipinski definition) is 1. The second-order valence-corrected chi connectivity index (χ2v) is 11.1. The normalized spacial score (nSPS) is 12.3. The van der Waals surface area contributed by atoms with Crippen LogP contribution in [0.5, 0.6) is 5.75 Å². The maximum absolute atomic E-state index is 13.1. The Bertz CT molecular complexity index is 1220. The maximum Gasteiger partial charge on any atom is 0.251 e. The second-order valence-electron chi connectivity index (χ2n) is 9.23. The van der Waals surface area contributed by atoms with E-state index in [1.807, 2.05) is 55.5 Å². The van der Waals surface area contributed by atoms with Crippen LogP contribution in [0.4, 0.5) is 5.69 Å². The molecule has 35 heavy (non-hydrogen) atoms. The maximum atomic E-state index is 13.1. The number of aryl methyl sites for hydroxylation is 1. The molecular formula is C28H34N2O4S. The van der Waals surface area contributed by atoms with E-state index in [1.54, 1.807) is 31.4 Å². The minimum atomic E-state index is -3.51. The molecule has 0 saturated carbocycles. The van der Waals surface area contributed by atoms with Gasteiger partial charge >= 0.3 is 0 Å². The highest BCUT2D eigenvalue weighted by Gasteiger charge is 2.20. The van der Waals surface area contributed by atoms with Gasteiger partial charge in [0.2, 0.25) is 10.0 Å². The fraction of sp³-hybridized carbons (Fsp3) is 0.321. The van der Waals surface area contributed by atoms with E-state index in [9.17, 15) is 13.2 Å². The van der Waals surface area contributed by atoms with Crippen molar-refractivity contribution in [2.24, 2.45) is 5.92 Å². The Labute approximate surface area is 209 Å². The molecule has 3 rings (SSSR count). The number of ether oxygens (including phenoxy) is 1. The molecule has 186 valence electrons. The first-order valence-corrected chi connectivity index (χ1v) is 13.5. The smallest absolute Gasteiger partial charge is 0.251 e. The first-order chi connectivity index (χ1) is 16.6. The average Bonchev–Trinajstić information content (AvgIpc) is 2.82. The largest absolute Gasteiger partial charge is 0.497 e. The molecule has 0 heterocycles. The van der Waals surface area contributed by atoms with Gasteiger partial charge in [0.15, 0.2) is 0 Å². The van der Waals surface area contributed by atoms with Crippen LogP contribution >= 0.6 is 0 Å². The third-order valence-corrected chi connectivity index (χ3v) is 6.94. The number of nitrogens with zero attached hydrogens (tertiary/aromatic N) is 1. The van der Waals surface area contributed by atoms with Gasteiger partial charge < -0.3 is 10.1 Å². The quantitative estimate of drug-likeness (QED) is 0.405. The summed E-state index contributed by atoms with van der Waals surface area (Å²) in [6.45, 7) is 6.44. The van der Waals surface area contributed by atoms with E-state index in [0.717, 1.165) is 28.9 Å². The van der Waals surface area contributed by atoms with Gasteiger partial charge in [-0.1, -0.05) is 55.8 Å². The molecule has 0 fully saturated rings. The third kappa shape index (κ3) is 7.33. The average molecular weight is 495 g/mol. The highest BCUT2D eigenvalue weighted by molar-refractivity contribution is 7.92. The minimum Gasteiger partial charge on any atom is -0.497 e. The van der Waals surface area contributed by atoms with Crippen LogP contribution in [0.1, 0.15) is 53.4 Å². The molecule has 1 amide bonds. The summed E-state index contributed by atoms with van der Waals surface area (Å²) in [6, 6.07) is 22.0. The molecular weight excluding hydrogens is 460 g/mol. The molecule has 0 bridgehead atoms. The van der Waals surface area contributed by atoms with Crippen molar-refractivity contribution in [3.8, 4) is 5.75 Å². The number of amides is 1. The van der Waals surface area contributed by atoms with E-state index in [2.05, 4.69) is 19.2 Å². The lowest BCUT2D eigenvalue weighted by molar-refractivity contribution is 0.0932. The third-order valence-electron chi connectivity index (χ3n) is 5.80. The van der Waals surface area contributed by atoms with Crippen LogP contribution in [-0.2, 0) is 16.6 Å². The van der Waals surface area contributed by atoms with Crippen LogP contribution in [0.25, 0.3) is 0 Å². The standard InChI is InChI=1S/C28H34N2O4S/c1-20(2)18-27(23-12-16-26(34-4)17-13-23)29-28(31)24-10-14-25(15-11-24)30(35(5,32)33)19-22-8-6-21(3)7-9-22/h6-17,20,27H,18-19H2,1-5H3,(H,29,31)/t27-/m1/s1. The van der Waals surface area contributed by atoms with E-state index >= 15 is 0 Å². The number of benzene rings is 3. The van der Waals surface area contributed by atoms with Gasteiger partial charge in [0.1, 0.15) is 5.75 Å². The van der Waals surface area contributed by atoms with Gasteiger partial charge in [-0.25, -0.2) is 8.42 Å². The Morgan fingerprint density at radius 2 is 1.54 bits per heavy atom. The van der Waals surface area contributed by atoms with Crippen LogP contribution in [0.2, 0.25) is 0 Å². The number of carbonyl (C=O) groups is 1. The number of methoxy groups -OCH3 is 1. The number of sulfonamides is 1. The van der Waals surface area contributed by atoms with Gasteiger partial charge in [-0.15, -0.1) is 0 Å². The van der Waals surface area contributed by atoms with E-state index in [1.165, 1.54) is 10.6 Å². The molecule has 0 aliphatic rings. The second kappa shape index (κ2) is 11.4. The summed E-state index contributed by atoms with van der Waals surface area (Å²) in [6.07, 6.45) is 1.97. The van der Waals surface area contributed by atoms with Gasteiger partial charge in [-0.05, 0) is 66.8 Å². The molecule has 7 heteroatoms. The predicted molar refractivity (Wildman–Crippen MR) is 141 cm³/mol. The van der Waals surface area contributed by atoms with Crippen molar-refractivity contribution < 1.29 is 17.9 Å². The molecule has 1 N–H and O–H groups in total. The van der Waals surface area contributed by atoms with E-state index in [0.29, 0.717) is 17.2 Å². The molecule has 3 aromatic carbocycles. The molecule has 0 aromatic heterocycles. The lowest BCUT2D eigenvalue weighted by atomic mass is 9.96. The molecule has 0 spiro atoms. The van der Waals surface area contributed by atoms with Crippen molar-refractivity contribution in [2.75, 3.05) is 17.7 Å². The van der Waals surface area contributed by atoms with Crippen molar-refractivity contribution in [1.82, 2.24) is 5.32 Å². The molecule has 1 atom stereocenters. The molecule has 0 aliphatic carbocycles. The topological polar surface area (TPSA) is 75.7 Å². The molecule has 0 unspecified atom stereocenters. The van der Waals surface area contributed by atoms with E-state index in [4.69, 9.17) is 4.74 Å². The number of nitrogens with one attached hydrogen (secondary N) is 1. The van der Waals surface area contributed by atoms with Crippen molar-refractivity contribution in [3.05, 3.63) is 95.1 Å². The fourth-order valence-corrected chi connectivity index (χ4v) is 4.75. The van der Waals surface area contributed by atoms with Crippen molar-refractivity contribution in [3.63, 3.8) is 0 Å². The summed E-state index contributed by atoms with van der Waals surface area (Å²) >= 11 is 0. The summed E-state index contributed by atoms with van der Waals surface area (Å²) in [4.78, 5) is 13.1. The zero-order valence-corrected chi connectivity index (χ0v) is 21.8. The summed E-state index contributed by atoms with van der Waals surface area (Å²) in [7, 11) is -1.89. The van der Waals surface area contributed by atoms with Crippen molar-refractivity contribution in [1.29, 1.82) is 0 Å². The van der Waals surface area contributed by atoms with E-state index in [-0.39, 0.29) is 18.5 Å². The minimum absolute atomic E-state index is 0.151. The van der Waals surface area contributed by atoms with Gasteiger partial charge in [0, 0.05) is 5.56 Å². The van der Waals surface area contributed by atoms with Crippen molar-refractivity contribution >= 4 is 21.6 Å². The SMILES string of the molecule is COc1ccc([C@@H](CC(C)C)NC(=O)c2ccc(N(Cc3ccc(C)cc3)S(C)(=O)=O)cc2)cc1. The first kappa shape index (κ1) is 26.3. The molecule has 3 aromatic rings. The van der Waals surface area contributed by atoms with Crippen molar-refractivity contribution in [2.45, 2.75) is 39.8 Å².